The molecule has 1 aliphatic carbocycles. The lowest BCUT2D eigenvalue weighted by atomic mass is 9.85. The van der Waals surface area contributed by atoms with Crippen LogP contribution < -0.4 is 10.1 Å². The van der Waals surface area contributed by atoms with Gasteiger partial charge in [-0.15, -0.1) is 12.4 Å². The van der Waals surface area contributed by atoms with Crippen molar-refractivity contribution in [2.24, 2.45) is 0 Å². The summed E-state index contributed by atoms with van der Waals surface area (Å²) in [5, 5.41) is 13.8. The molecule has 112 valence electrons. The Morgan fingerprint density at radius 1 is 1.20 bits per heavy atom. The van der Waals surface area contributed by atoms with Crippen LogP contribution in [0.3, 0.4) is 0 Å². The number of hydrogen-bond donors (Lipinski definition) is 2. The van der Waals surface area contributed by atoms with Gasteiger partial charge in [0.15, 0.2) is 0 Å². The molecule has 0 spiro atoms. The van der Waals surface area contributed by atoms with Crippen LogP contribution in [-0.4, -0.2) is 23.9 Å². The molecule has 0 saturated heterocycles. The molecule has 1 saturated carbocycles. The minimum atomic E-state index is -0.474. The zero-order chi connectivity index (χ0) is 13.1. The van der Waals surface area contributed by atoms with Crippen molar-refractivity contribution >= 4 is 12.4 Å². The molecule has 1 aliphatic heterocycles. The molecule has 0 unspecified atom stereocenters. The average molecular weight is 298 g/mol. The minimum absolute atomic E-state index is 0. The first kappa shape index (κ1) is 15.6. The summed E-state index contributed by atoms with van der Waals surface area (Å²) in [6, 6.07) is 6.40. The van der Waals surface area contributed by atoms with E-state index in [2.05, 4.69) is 23.5 Å². The van der Waals surface area contributed by atoms with Crippen molar-refractivity contribution in [1.29, 1.82) is 0 Å². The molecular formula is C16H24ClNO2. The highest BCUT2D eigenvalue weighted by atomic mass is 35.5. The summed E-state index contributed by atoms with van der Waals surface area (Å²) in [5.41, 5.74) is 2.12. The maximum Gasteiger partial charge on any atom is 0.122 e. The molecule has 2 N–H and O–H groups in total. The Morgan fingerprint density at radius 3 is 2.80 bits per heavy atom. The van der Waals surface area contributed by atoms with E-state index in [1.165, 1.54) is 17.5 Å². The molecule has 2 aliphatic rings. The van der Waals surface area contributed by atoms with Gasteiger partial charge in [-0.3, -0.25) is 0 Å². The summed E-state index contributed by atoms with van der Waals surface area (Å²) in [7, 11) is 0. The Labute approximate surface area is 127 Å². The Kier molecular flexibility index (Phi) is 5.30. The molecule has 0 atom stereocenters. The van der Waals surface area contributed by atoms with Gasteiger partial charge in [0, 0.05) is 19.5 Å². The van der Waals surface area contributed by atoms with E-state index in [1.54, 1.807) is 0 Å². The Hall–Kier alpha value is -0.770. The first-order chi connectivity index (χ1) is 9.25. The van der Waals surface area contributed by atoms with Crippen molar-refractivity contribution in [3.63, 3.8) is 0 Å². The topological polar surface area (TPSA) is 41.5 Å². The van der Waals surface area contributed by atoms with Gasteiger partial charge in [0.25, 0.3) is 0 Å². The van der Waals surface area contributed by atoms with Crippen LogP contribution in [0.2, 0.25) is 0 Å². The monoisotopic (exact) mass is 297 g/mol. The second-order valence-electron chi connectivity index (χ2n) is 5.93. The van der Waals surface area contributed by atoms with Crippen LogP contribution in [0.4, 0.5) is 0 Å². The smallest absolute Gasteiger partial charge is 0.122 e. The molecule has 1 fully saturated rings. The summed E-state index contributed by atoms with van der Waals surface area (Å²) in [4.78, 5) is 0. The van der Waals surface area contributed by atoms with Gasteiger partial charge in [-0.25, -0.2) is 0 Å². The van der Waals surface area contributed by atoms with Gasteiger partial charge in [-0.1, -0.05) is 31.4 Å². The molecule has 4 heteroatoms. The van der Waals surface area contributed by atoms with E-state index >= 15 is 0 Å². The van der Waals surface area contributed by atoms with Crippen molar-refractivity contribution < 1.29 is 9.84 Å². The summed E-state index contributed by atoms with van der Waals surface area (Å²) in [5.74, 6) is 1.04. The Bertz CT molecular complexity index is 444. The largest absolute Gasteiger partial charge is 0.493 e. The quantitative estimate of drug-likeness (QED) is 0.898. The molecule has 0 bridgehead atoms. The standard InChI is InChI=1S/C16H23NO2.ClH/c18-16(7-2-1-3-8-16)12-17-11-13-4-5-15-14(10-13)6-9-19-15;/h4-5,10,17-18H,1-3,6-9,11-12H2;1H. The fraction of sp³-hybridized carbons (Fsp3) is 0.625. The van der Waals surface area contributed by atoms with Crippen LogP contribution in [0.25, 0.3) is 0 Å². The summed E-state index contributed by atoms with van der Waals surface area (Å²) in [6.45, 7) is 2.35. The van der Waals surface area contributed by atoms with E-state index in [0.29, 0.717) is 6.54 Å². The van der Waals surface area contributed by atoms with Crippen molar-refractivity contribution in [2.45, 2.75) is 50.7 Å². The van der Waals surface area contributed by atoms with Gasteiger partial charge >= 0.3 is 0 Å². The lowest BCUT2D eigenvalue weighted by Gasteiger charge is -2.32. The van der Waals surface area contributed by atoms with Crippen LogP contribution in [0, 0.1) is 0 Å². The molecule has 1 aromatic carbocycles. The van der Waals surface area contributed by atoms with Gasteiger partial charge in [0.05, 0.1) is 12.2 Å². The summed E-state index contributed by atoms with van der Waals surface area (Å²) in [6.07, 6.45) is 6.50. The number of halogens is 1. The van der Waals surface area contributed by atoms with E-state index in [9.17, 15) is 5.11 Å². The molecule has 0 radical (unpaired) electrons. The second kappa shape index (κ2) is 6.79. The molecule has 3 nitrogen and oxygen atoms in total. The molecule has 0 amide bonds. The van der Waals surface area contributed by atoms with E-state index in [4.69, 9.17) is 4.74 Å². The maximum absolute atomic E-state index is 10.4. The molecule has 1 heterocycles. The van der Waals surface area contributed by atoms with Crippen molar-refractivity contribution in [3.05, 3.63) is 29.3 Å². The Morgan fingerprint density at radius 2 is 2.00 bits per heavy atom. The molecule has 20 heavy (non-hydrogen) atoms. The van der Waals surface area contributed by atoms with E-state index in [1.807, 2.05) is 0 Å². The highest BCUT2D eigenvalue weighted by molar-refractivity contribution is 5.85. The number of rotatable bonds is 4. The zero-order valence-corrected chi connectivity index (χ0v) is 12.7. The van der Waals surface area contributed by atoms with Gasteiger partial charge in [-0.05, 0) is 30.0 Å². The predicted molar refractivity (Wildman–Crippen MR) is 82.6 cm³/mol. The number of benzene rings is 1. The van der Waals surface area contributed by atoms with E-state index < -0.39 is 5.60 Å². The van der Waals surface area contributed by atoms with Crippen molar-refractivity contribution in [2.75, 3.05) is 13.2 Å². The number of ether oxygens (including phenoxy) is 1. The number of hydrogen-bond acceptors (Lipinski definition) is 3. The molecule has 0 aromatic heterocycles. The summed E-state index contributed by atoms with van der Waals surface area (Å²) >= 11 is 0. The lowest BCUT2D eigenvalue weighted by molar-refractivity contribution is 0.00467. The van der Waals surface area contributed by atoms with Crippen LogP contribution >= 0.6 is 12.4 Å². The van der Waals surface area contributed by atoms with Crippen LogP contribution in [0.5, 0.6) is 5.75 Å². The van der Waals surface area contributed by atoms with Crippen LogP contribution in [0.1, 0.15) is 43.2 Å². The second-order valence-corrected chi connectivity index (χ2v) is 5.93. The van der Waals surface area contributed by atoms with Crippen LogP contribution in [-0.2, 0) is 13.0 Å². The highest BCUT2D eigenvalue weighted by Gasteiger charge is 2.28. The first-order valence-corrected chi connectivity index (χ1v) is 7.43. The van der Waals surface area contributed by atoms with Gasteiger partial charge in [0.1, 0.15) is 5.75 Å². The molecule has 3 rings (SSSR count). The SMILES string of the molecule is Cl.OC1(CNCc2ccc3c(c2)CCO3)CCCCC1. The van der Waals surface area contributed by atoms with Crippen molar-refractivity contribution in [3.8, 4) is 5.75 Å². The highest BCUT2D eigenvalue weighted by Crippen LogP contribution is 2.28. The van der Waals surface area contributed by atoms with Crippen molar-refractivity contribution in [1.82, 2.24) is 5.32 Å². The third kappa shape index (κ3) is 3.66. The fourth-order valence-corrected chi connectivity index (χ4v) is 3.18. The first-order valence-electron chi connectivity index (χ1n) is 7.43. The fourth-order valence-electron chi connectivity index (χ4n) is 3.18. The third-order valence-electron chi connectivity index (χ3n) is 4.32. The normalized spacial score (nSPS) is 19.9. The zero-order valence-electron chi connectivity index (χ0n) is 11.9. The average Bonchev–Trinajstić information content (AvgIpc) is 2.87. The Balaban J connectivity index is 0.00000147. The van der Waals surface area contributed by atoms with Gasteiger partial charge in [0.2, 0.25) is 0 Å². The third-order valence-corrected chi connectivity index (χ3v) is 4.32. The molecule has 1 aromatic rings. The number of nitrogens with one attached hydrogen (secondary N) is 1. The maximum atomic E-state index is 10.4. The number of fused-ring (bicyclic) bond motifs is 1. The molecular weight excluding hydrogens is 274 g/mol. The van der Waals surface area contributed by atoms with E-state index in [0.717, 1.165) is 51.0 Å². The minimum Gasteiger partial charge on any atom is -0.493 e. The number of aliphatic hydroxyl groups is 1. The van der Waals surface area contributed by atoms with Crippen LogP contribution in [0.15, 0.2) is 18.2 Å². The lowest BCUT2D eigenvalue weighted by Crippen LogP contribution is -2.41. The van der Waals surface area contributed by atoms with Gasteiger partial charge in [-0.2, -0.15) is 0 Å². The van der Waals surface area contributed by atoms with E-state index in [-0.39, 0.29) is 12.4 Å². The van der Waals surface area contributed by atoms with Gasteiger partial charge < -0.3 is 15.2 Å². The predicted octanol–water partition coefficient (Wildman–Crippen LogP) is 2.83. The summed E-state index contributed by atoms with van der Waals surface area (Å²) < 4.78 is 5.51.